The SMILES string of the molecule is CCNCc1ccc(N2CCCC(C(C)C)CC2)nc1. The molecule has 1 aliphatic heterocycles. The maximum Gasteiger partial charge on any atom is 0.128 e. The molecule has 1 aromatic heterocycles. The largest absolute Gasteiger partial charge is 0.357 e. The Morgan fingerprint density at radius 1 is 1.30 bits per heavy atom. The Labute approximate surface area is 123 Å². The molecule has 3 heteroatoms. The highest BCUT2D eigenvalue weighted by atomic mass is 15.2. The summed E-state index contributed by atoms with van der Waals surface area (Å²) in [4.78, 5) is 7.11. The summed E-state index contributed by atoms with van der Waals surface area (Å²) in [7, 11) is 0. The van der Waals surface area contributed by atoms with Gasteiger partial charge in [0.25, 0.3) is 0 Å². The lowest BCUT2D eigenvalue weighted by atomic mass is 9.89. The topological polar surface area (TPSA) is 28.2 Å². The van der Waals surface area contributed by atoms with Crippen LogP contribution in [-0.4, -0.2) is 24.6 Å². The van der Waals surface area contributed by atoms with E-state index < -0.39 is 0 Å². The smallest absolute Gasteiger partial charge is 0.128 e. The molecule has 1 atom stereocenters. The minimum Gasteiger partial charge on any atom is -0.357 e. The highest BCUT2D eigenvalue weighted by Crippen LogP contribution is 2.26. The molecule has 0 spiro atoms. The highest BCUT2D eigenvalue weighted by Gasteiger charge is 2.20. The van der Waals surface area contributed by atoms with Gasteiger partial charge in [0.15, 0.2) is 0 Å². The third kappa shape index (κ3) is 4.20. The Balaban J connectivity index is 1.94. The minimum absolute atomic E-state index is 0.811. The van der Waals surface area contributed by atoms with Crippen molar-refractivity contribution in [2.45, 2.75) is 46.6 Å². The van der Waals surface area contributed by atoms with Gasteiger partial charge in [0, 0.05) is 25.8 Å². The van der Waals surface area contributed by atoms with Crippen LogP contribution in [0.15, 0.2) is 18.3 Å². The van der Waals surface area contributed by atoms with E-state index in [0.717, 1.165) is 43.8 Å². The second-order valence-corrected chi connectivity index (χ2v) is 6.23. The first-order valence-corrected chi connectivity index (χ1v) is 8.11. The summed E-state index contributed by atoms with van der Waals surface area (Å²) in [5.41, 5.74) is 1.27. The minimum atomic E-state index is 0.811. The van der Waals surface area contributed by atoms with E-state index in [0.29, 0.717) is 0 Å². The molecule has 112 valence electrons. The lowest BCUT2D eigenvalue weighted by Crippen LogP contribution is -2.25. The van der Waals surface area contributed by atoms with Crippen molar-refractivity contribution in [1.29, 1.82) is 0 Å². The first-order chi connectivity index (χ1) is 9.70. The number of nitrogens with zero attached hydrogens (tertiary/aromatic N) is 2. The maximum atomic E-state index is 4.65. The quantitative estimate of drug-likeness (QED) is 0.892. The molecule has 0 aliphatic carbocycles. The Morgan fingerprint density at radius 2 is 2.15 bits per heavy atom. The fraction of sp³-hybridized carbons (Fsp3) is 0.706. The summed E-state index contributed by atoms with van der Waals surface area (Å²) in [6.45, 7) is 11.1. The van der Waals surface area contributed by atoms with Crippen LogP contribution in [0.4, 0.5) is 5.82 Å². The zero-order valence-electron chi connectivity index (χ0n) is 13.2. The molecule has 0 saturated carbocycles. The van der Waals surface area contributed by atoms with Crippen molar-refractivity contribution in [2.75, 3.05) is 24.5 Å². The van der Waals surface area contributed by atoms with Gasteiger partial charge in [-0.3, -0.25) is 0 Å². The molecule has 3 nitrogen and oxygen atoms in total. The monoisotopic (exact) mass is 275 g/mol. The van der Waals surface area contributed by atoms with E-state index in [2.05, 4.69) is 48.1 Å². The summed E-state index contributed by atoms with van der Waals surface area (Å²) in [5.74, 6) is 2.84. The zero-order chi connectivity index (χ0) is 14.4. The molecule has 1 saturated heterocycles. The number of pyridine rings is 1. The number of rotatable bonds is 5. The molecule has 2 heterocycles. The molecular weight excluding hydrogens is 246 g/mol. The van der Waals surface area contributed by atoms with Gasteiger partial charge in [-0.25, -0.2) is 4.98 Å². The summed E-state index contributed by atoms with van der Waals surface area (Å²) in [6, 6.07) is 4.39. The Morgan fingerprint density at radius 3 is 2.80 bits per heavy atom. The van der Waals surface area contributed by atoms with Crippen LogP contribution >= 0.6 is 0 Å². The third-order valence-corrected chi connectivity index (χ3v) is 4.43. The van der Waals surface area contributed by atoms with E-state index >= 15 is 0 Å². The van der Waals surface area contributed by atoms with Crippen molar-refractivity contribution in [3.8, 4) is 0 Å². The van der Waals surface area contributed by atoms with Crippen molar-refractivity contribution < 1.29 is 0 Å². The second-order valence-electron chi connectivity index (χ2n) is 6.23. The molecule has 1 fully saturated rings. The normalized spacial score (nSPS) is 20.2. The first kappa shape index (κ1) is 15.3. The molecule has 0 aromatic carbocycles. The molecule has 1 aliphatic rings. The van der Waals surface area contributed by atoms with E-state index in [4.69, 9.17) is 0 Å². The predicted octanol–water partition coefficient (Wildman–Crippen LogP) is 3.45. The Kier molecular flexibility index (Phi) is 5.84. The lowest BCUT2D eigenvalue weighted by Gasteiger charge is -2.22. The average Bonchev–Trinajstić information content (AvgIpc) is 2.71. The van der Waals surface area contributed by atoms with E-state index in [1.54, 1.807) is 0 Å². The molecule has 2 rings (SSSR count). The molecular formula is C17H29N3. The zero-order valence-corrected chi connectivity index (χ0v) is 13.2. The van der Waals surface area contributed by atoms with Crippen LogP contribution in [0.5, 0.6) is 0 Å². The van der Waals surface area contributed by atoms with E-state index in [-0.39, 0.29) is 0 Å². The highest BCUT2D eigenvalue weighted by molar-refractivity contribution is 5.39. The van der Waals surface area contributed by atoms with Crippen LogP contribution in [0.2, 0.25) is 0 Å². The summed E-state index contributed by atoms with van der Waals surface area (Å²) >= 11 is 0. The van der Waals surface area contributed by atoms with Crippen LogP contribution in [0.3, 0.4) is 0 Å². The molecule has 0 bridgehead atoms. The number of nitrogens with one attached hydrogen (secondary N) is 1. The van der Waals surface area contributed by atoms with Gasteiger partial charge in [-0.2, -0.15) is 0 Å². The van der Waals surface area contributed by atoms with Crippen LogP contribution in [0.25, 0.3) is 0 Å². The molecule has 0 amide bonds. The van der Waals surface area contributed by atoms with Gasteiger partial charge in [-0.1, -0.05) is 26.8 Å². The standard InChI is InChI=1S/C17H29N3/c1-4-18-12-15-7-8-17(19-13-15)20-10-5-6-16(9-11-20)14(2)3/h7-8,13-14,16,18H,4-6,9-12H2,1-3H3. The molecule has 1 aromatic rings. The van der Waals surface area contributed by atoms with Gasteiger partial charge in [0.1, 0.15) is 5.82 Å². The van der Waals surface area contributed by atoms with Gasteiger partial charge in [-0.05, 0) is 49.3 Å². The van der Waals surface area contributed by atoms with Crippen molar-refractivity contribution in [3.05, 3.63) is 23.9 Å². The van der Waals surface area contributed by atoms with Gasteiger partial charge in [0.2, 0.25) is 0 Å². The summed E-state index contributed by atoms with van der Waals surface area (Å²) in [6.07, 6.45) is 5.98. The number of aromatic nitrogens is 1. The fourth-order valence-corrected chi connectivity index (χ4v) is 3.00. The number of hydrogen-bond donors (Lipinski definition) is 1. The Bertz CT molecular complexity index is 386. The lowest BCUT2D eigenvalue weighted by molar-refractivity contribution is 0.351. The van der Waals surface area contributed by atoms with E-state index in [9.17, 15) is 0 Å². The fourth-order valence-electron chi connectivity index (χ4n) is 3.00. The van der Waals surface area contributed by atoms with Crippen LogP contribution in [0, 0.1) is 11.8 Å². The van der Waals surface area contributed by atoms with Crippen molar-refractivity contribution in [2.24, 2.45) is 11.8 Å². The van der Waals surface area contributed by atoms with Gasteiger partial charge in [-0.15, -0.1) is 0 Å². The summed E-state index contributed by atoms with van der Waals surface area (Å²) < 4.78 is 0. The predicted molar refractivity (Wildman–Crippen MR) is 86.0 cm³/mol. The van der Waals surface area contributed by atoms with Crippen molar-refractivity contribution in [3.63, 3.8) is 0 Å². The van der Waals surface area contributed by atoms with Gasteiger partial charge < -0.3 is 10.2 Å². The van der Waals surface area contributed by atoms with Gasteiger partial charge in [0.05, 0.1) is 0 Å². The molecule has 1 unspecified atom stereocenters. The number of hydrogen-bond acceptors (Lipinski definition) is 3. The second kappa shape index (κ2) is 7.63. The average molecular weight is 275 g/mol. The molecule has 0 radical (unpaired) electrons. The summed E-state index contributed by atoms with van der Waals surface area (Å²) in [5, 5.41) is 3.34. The van der Waals surface area contributed by atoms with E-state index in [1.807, 2.05) is 6.20 Å². The van der Waals surface area contributed by atoms with Crippen LogP contribution in [-0.2, 0) is 6.54 Å². The maximum absolute atomic E-state index is 4.65. The third-order valence-electron chi connectivity index (χ3n) is 4.43. The van der Waals surface area contributed by atoms with Crippen molar-refractivity contribution >= 4 is 5.82 Å². The molecule has 1 N–H and O–H groups in total. The Hall–Kier alpha value is -1.09. The van der Waals surface area contributed by atoms with Crippen LogP contribution in [0.1, 0.15) is 45.6 Å². The van der Waals surface area contributed by atoms with E-state index in [1.165, 1.54) is 24.8 Å². The first-order valence-electron chi connectivity index (χ1n) is 8.11. The van der Waals surface area contributed by atoms with Crippen molar-refractivity contribution in [1.82, 2.24) is 10.3 Å². The molecule has 20 heavy (non-hydrogen) atoms. The van der Waals surface area contributed by atoms with Gasteiger partial charge >= 0.3 is 0 Å². The van der Waals surface area contributed by atoms with Crippen LogP contribution < -0.4 is 10.2 Å². The number of anilines is 1.